The molecule has 6 heteroatoms. The van der Waals surface area contributed by atoms with Crippen LogP contribution in [0.15, 0.2) is 12.1 Å². The van der Waals surface area contributed by atoms with E-state index in [4.69, 9.17) is 23.2 Å². The summed E-state index contributed by atoms with van der Waals surface area (Å²) in [4.78, 5) is 17.6. The van der Waals surface area contributed by atoms with Crippen LogP contribution in [0, 0.1) is 0 Å². The van der Waals surface area contributed by atoms with Crippen LogP contribution < -0.4 is 0 Å². The van der Waals surface area contributed by atoms with Gasteiger partial charge in [-0.1, -0.05) is 23.2 Å². The molecule has 0 spiro atoms. The van der Waals surface area contributed by atoms with E-state index >= 15 is 0 Å². The molecule has 0 aliphatic carbocycles. The van der Waals surface area contributed by atoms with Crippen LogP contribution in [0.3, 0.4) is 0 Å². The Morgan fingerprint density at radius 2 is 2.12 bits per heavy atom. The van der Waals surface area contributed by atoms with E-state index < -0.39 is 0 Å². The molecule has 1 amide bonds. The molecule has 17 heavy (non-hydrogen) atoms. The fourth-order valence-corrected chi connectivity index (χ4v) is 2.51. The molecule has 2 heterocycles. The number of aromatic nitrogens is 1. The average molecular weight is 275 g/mol. The molecule has 0 aromatic carbocycles. The maximum atomic E-state index is 12.2. The second-order valence-corrected chi connectivity index (χ2v) is 4.75. The summed E-state index contributed by atoms with van der Waals surface area (Å²) < 4.78 is 0. The highest BCUT2D eigenvalue weighted by Crippen LogP contribution is 2.22. The molecule has 2 rings (SSSR count). The number of likely N-dealkylation sites (tertiary alicyclic amines) is 1. The minimum atomic E-state index is -0.159. The lowest BCUT2D eigenvalue weighted by Gasteiger charge is -2.23. The summed E-state index contributed by atoms with van der Waals surface area (Å²) in [6.45, 7) is 0.639. The number of carbonyl (C=O) groups is 1. The number of hydrogen-bond donors (Lipinski definition) is 1. The summed E-state index contributed by atoms with van der Waals surface area (Å²) in [5.41, 5.74) is 0.412. The van der Waals surface area contributed by atoms with Crippen LogP contribution in [0.5, 0.6) is 0 Å². The molecule has 1 saturated heterocycles. The van der Waals surface area contributed by atoms with Gasteiger partial charge in [0.2, 0.25) is 0 Å². The molecule has 1 aromatic rings. The molecule has 1 fully saturated rings. The van der Waals surface area contributed by atoms with E-state index in [1.807, 2.05) is 0 Å². The second kappa shape index (κ2) is 5.21. The van der Waals surface area contributed by atoms with Gasteiger partial charge in [-0.05, 0) is 25.0 Å². The molecule has 1 aromatic heterocycles. The van der Waals surface area contributed by atoms with E-state index in [0.717, 1.165) is 12.8 Å². The topological polar surface area (TPSA) is 53.4 Å². The van der Waals surface area contributed by atoms with Gasteiger partial charge < -0.3 is 10.0 Å². The zero-order chi connectivity index (χ0) is 12.4. The van der Waals surface area contributed by atoms with Crippen molar-refractivity contribution in [2.45, 2.75) is 18.9 Å². The van der Waals surface area contributed by atoms with Gasteiger partial charge in [0.15, 0.2) is 0 Å². The standard InChI is InChI=1S/C11H12Cl2N2O2/c12-9-4-7(5-10(13)14-9)11(17)15-3-1-2-8(15)6-16/h4-5,8,16H,1-3,6H2/t8-/m0/s1. The third-order valence-corrected chi connectivity index (χ3v) is 3.25. The summed E-state index contributed by atoms with van der Waals surface area (Å²) in [5, 5.41) is 9.57. The van der Waals surface area contributed by atoms with Crippen molar-refractivity contribution in [2.75, 3.05) is 13.2 Å². The highest BCUT2D eigenvalue weighted by atomic mass is 35.5. The SMILES string of the molecule is O=C(c1cc(Cl)nc(Cl)c1)N1CCC[C@H]1CO. The number of carbonyl (C=O) groups excluding carboxylic acids is 1. The Hall–Kier alpha value is -0.840. The minimum Gasteiger partial charge on any atom is -0.394 e. The fourth-order valence-electron chi connectivity index (χ4n) is 2.05. The third kappa shape index (κ3) is 2.70. The number of rotatable bonds is 2. The van der Waals surface area contributed by atoms with Crippen molar-refractivity contribution in [3.63, 3.8) is 0 Å². The number of amides is 1. The molecule has 1 aliphatic heterocycles. The predicted molar refractivity (Wildman–Crippen MR) is 65.4 cm³/mol. The van der Waals surface area contributed by atoms with E-state index in [1.165, 1.54) is 12.1 Å². The molecular formula is C11H12Cl2N2O2. The van der Waals surface area contributed by atoms with Crippen molar-refractivity contribution in [2.24, 2.45) is 0 Å². The van der Waals surface area contributed by atoms with Gasteiger partial charge in [-0.2, -0.15) is 0 Å². The minimum absolute atomic E-state index is 0.0156. The van der Waals surface area contributed by atoms with Crippen molar-refractivity contribution in [3.8, 4) is 0 Å². The summed E-state index contributed by atoms with van der Waals surface area (Å²) in [5.74, 6) is -0.159. The first-order chi connectivity index (χ1) is 8.11. The predicted octanol–water partition coefficient (Wildman–Crippen LogP) is 1.99. The van der Waals surface area contributed by atoms with Crippen molar-refractivity contribution in [1.29, 1.82) is 0 Å². The summed E-state index contributed by atoms with van der Waals surface area (Å²) in [7, 11) is 0. The molecule has 1 aliphatic rings. The van der Waals surface area contributed by atoms with Gasteiger partial charge in [0.1, 0.15) is 10.3 Å². The van der Waals surface area contributed by atoms with Gasteiger partial charge in [-0.25, -0.2) is 4.98 Å². The summed E-state index contributed by atoms with van der Waals surface area (Å²) in [6.07, 6.45) is 1.73. The van der Waals surface area contributed by atoms with E-state index in [9.17, 15) is 9.90 Å². The van der Waals surface area contributed by atoms with Crippen molar-refractivity contribution >= 4 is 29.1 Å². The molecule has 4 nitrogen and oxygen atoms in total. The molecule has 0 saturated carbocycles. The average Bonchev–Trinajstić information content (AvgIpc) is 2.74. The van der Waals surface area contributed by atoms with Crippen molar-refractivity contribution in [3.05, 3.63) is 28.0 Å². The van der Waals surface area contributed by atoms with Gasteiger partial charge in [0.05, 0.1) is 12.6 Å². The molecule has 1 atom stereocenters. The van der Waals surface area contributed by atoms with Crippen LogP contribution in [0.25, 0.3) is 0 Å². The van der Waals surface area contributed by atoms with Crippen molar-refractivity contribution < 1.29 is 9.90 Å². The smallest absolute Gasteiger partial charge is 0.254 e. The number of aliphatic hydroxyl groups excluding tert-OH is 1. The normalized spacial score (nSPS) is 19.7. The lowest BCUT2D eigenvalue weighted by molar-refractivity contribution is 0.0677. The van der Waals surface area contributed by atoms with Crippen LogP contribution in [-0.2, 0) is 0 Å². The maximum Gasteiger partial charge on any atom is 0.254 e. The maximum absolute atomic E-state index is 12.2. The molecule has 0 unspecified atom stereocenters. The summed E-state index contributed by atoms with van der Waals surface area (Å²) >= 11 is 11.5. The highest BCUT2D eigenvalue weighted by Gasteiger charge is 2.29. The van der Waals surface area contributed by atoms with Crippen LogP contribution in [0.2, 0.25) is 10.3 Å². The first-order valence-corrected chi connectivity index (χ1v) is 6.12. The van der Waals surface area contributed by atoms with Crippen LogP contribution >= 0.6 is 23.2 Å². The van der Waals surface area contributed by atoms with Crippen LogP contribution in [0.1, 0.15) is 23.2 Å². The zero-order valence-electron chi connectivity index (χ0n) is 9.07. The summed E-state index contributed by atoms with van der Waals surface area (Å²) in [6, 6.07) is 2.87. The Kier molecular flexibility index (Phi) is 3.86. The Balaban J connectivity index is 2.24. The number of halogens is 2. The van der Waals surface area contributed by atoms with Gasteiger partial charge in [-0.3, -0.25) is 4.79 Å². The highest BCUT2D eigenvalue weighted by molar-refractivity contribution is 6.33. The molecule has 92 valence electrons. The van der Waals surface area contributed by atoms with Gasteiger partial charge in [-0.15, -0.1) is 0 Å². The fraction of sp³-hybridized carbons (Fsp3) is 0.455. The molecule has 1 N–H and O–H groups in total. The largest absolute Gasteiger partial charge is 0.394 e. The van der Waals surface area contributed by atoms with E-state index in [-0.39, 0.29) is 28.9 Å². The van der Waals surface area contributed by atoms with Gasteiger partial charge in [0, 0.05) is 12.1 Å². The second-order valence-electron chi connectivity index (χ2n) is 3.98. The zero-order valence-corrected chi connectivity index (χ0v) is 10.6. The Bertz CT molecular complexity index is 419. The van der Waals surface area contributed by atoms with Gasteiger partial charge >= 0.3 is 0 Å². The third-order valence-electron chi connectivity index (χ3n) is 2.86. The molecule has 0 radical (unpaired) electrons. The van der Waals surface area contributed by atoms with E-state index in [0.29, 0.717) is 12.1 Å². The van der Waals surface area contributed by atoms with Crippen LogP contribution in [-0.4, -0.2) is 40.1 Å². The van der Waals surface area contributed by atoms with Crippen LogP contribution in [0.4, 0.5) is 0 Å². The van der Waals surface area contributed by atoms with Gasteiger partial charge in [0.25, 0.3) is 5.91 Å². The number of pyridine rings is 1. The Morgan fingerprint density at radius 3 is 2.71 bits per heavy atom. The molecular weight excluding hydrogens is 263 g/mol. The first-order valence-electron chi connectivity index (χ1n) is 5.36. The van der Waals surface area contributed by atoms with Crippen molar-refractivity contribution in [1.82, 2.24) is 9.88 Å². The monoisotopic (exact) mass is 274 g/mol. The number of hydrogen-bond acceptors (Lipinski definition) is 3. The van der Waals surface area contributed by atoms with E-state index in [2.05, 4.69) is 4.98 Å². The van der Waals surface area contributed by atoms with E-state index in [1.54, 1.807) is 4.90 Å². The lowest BCUT2D eigenvalue weighted by Crippen LogP contribution is -2.37. The molecule has 0 bridgehead atoms. The first kappa shape index (κ1) is 12.6. The lowest BCUT2D eigenvalue weighted by atomic mass is 10.2. The quantitative estimate of drug-likeness (QED) is 0.840. The Morgan fingerprint density at radius 1 is 1.47 bits per heavy atom. The number of aliphatic hydroxyl groups is 1. The number of nitrogens with zero attached hydrogens (tertiary/aromatic N) is 2. The Labute approximate surface area is 109 Å².